The summed E-state index contributed by atoms with van der Waals surface area (Å²) in [6.07, 6.45) is 0. The first kappa shape index (κ1) is 10.8. The molecule has 0 unspecified atom stereocenters. The van der Waals surface area contributed by atoms with Crippen LogP contribution in [-0.4, -0.2) is 10.1 Å². The minimum Gasteiger partial charge on any atom is -0.338 e. The second-order valence-corrected chi connectivity index (χ2v) is 4.25. The van der Waals surface area contributed by atoms with Crippen molar-refractivity contribution in [1.29, 1.82) is 5.26 Å². The Labute approximate surface area is 96.7 Å². The van der Waals surface area contributed by atoms with E-state index in [0.717, 1.165) is 4.88 Å². The molecular weight excluding hydrogens is 224 g/mol. The summed E-state index contributed by atoms with van der Waals surface area (Å²) in [6.45, 7) is 3.03. The van der Waals surface area contributed by atoms with Gasteiger partial charge in [-0.05, 0) is 13.0 Å². The van der Waals surface area contributed by atoms with Crippen LogP contribution in [0.1, 0.15) is 22.2 Å². The Morgan fingerprint density at radius 1 is 1.56 bits per heavy atom. The van der Waals surface area contributed by atoms with E-state index >= 15 is 0 Å². The molecule has 16 heavy (non-hydrogen) atoms. The highest BCUT2D eigenvalue weighted by molar-refractivity contribution is 7.10. The number of rotatable bonds is 4. The molecular formula is C10H10N4OS. The Morgan fingerprint density at radius 3 is 3.06 bits per heavy atom. The Hall–Kier alpha value is -1.71. The normalized spacial score (nSPS) is 10.2. The molecule has 0 fully saturated rings. The van der Waals surface area contributed by atoms with Crippen molar-refractivity contribution in [2.45, 2.75) is 20.0 Å². The molecule has 2 aromatic rings. The Balaban J connectivity index is 1.82. The molecule has 2 rings (SSSR count). The molecule has 0 aliphatic heterocycles. The van der Waals surface area contributed by atoms with E-state index in [9.17, 15) is 0 Å². The number of aryl methyl sites for hydroxylation is 1. The molecule has 0 aromatic carbocycles. The smallest absolute Gasteiger partial charge is 0.240 e. The molecule has 0 bridgehead atoms. The molecule has 2 aromatic heterocycles. The van der Waals surface area contributed by atoms with Crippen LogP contribution in [0.2, 0.25) is 0 Å². The van der Waals surface area contributed by atoms with E-state index in [1.807, 2.05) is 11.4 Å². The average Bonchev–Trinajstić information content (AvgIpc) is 2.88. The van der Waals surface area contributed by atoms with Crippen LogP contribution >= 0.6 is 11.3 Å². The Bertz CT molecular complexity index is 511. The fraction of sp³-hybridized carbons (Fsp3) is 0.300. The summed E-state index contributed by atoms with van der Waals surface area (Å²) < 4.78 is 4.96. The molecule has 82 valence electrons. The van der Waals surface area contributed by atoms with Crippen molar-refractivity contribution in [2.24, 2.45) is 0 Å². The molecule has 5 nitrogen and oxygen atoms in total. The first-order chi connectivity index (χ1) is 7.78. The third-order valence-corrected chi connectivity index (χ3v) is 2.86. The van der Waals surface area contributed by atoms with Crippen molar-refractivity contribution in [2.75, 3.05) is 0 Å². The zero-order valence-electron chi connectivity index (χ0n) is 8.73. The lowest BCUT2D eigenvalue weighted by molar-refractivity contribution is 0.364. The quantitative estimate of drug-likeness (QED) is 0.869. The van der Waals surface area contributed by atoms with E-state index in [0.29, 0.717) is 30.4 Å². The summed E-state index contributed by atoms with van der Waals surface area (Å²) in [5.74, 6) is 1.22. The van der Waals surface area contributed by atoms with Crippen molar-refractivity contribution < 1.29 is 4.52 Å². The number of nitrogens with zero attached hydrogens (tertiary/aromatic N) is 3. The maximum Gasteiger partial charge on any atom is 0.240 e. The largest absolute Gasteiger partial charge is 0.338 e. The van der Waals surface area contributed by atoms with Crippen molar-refractivity contribution >= 4 is 11.3 Å². The topological polar surface area (TPSA) is 74.7 Å². The van der Waals surface area contributed by atoms with Crippen molar-refractivity contribution in [1.82, 2.24) is 15.5 Å². The second kappa shape index (κ2) is 4.88. The van der Waals surface area contributed by atoms with Crippen LogP contribution in [0.4, 0.5) is 0 Å². The second-order valence-electron chi connectivity index (χ2n) is 3.25. The van der Waals surface area contributed by atoms with Gasteiger partial charge in [0.1, 0.15) is 6.07 Å². The van der Waals surface area contributed by atoms with Crippen LogP contribution in [0.5, 0.6) is 0 Å². The highest BCUT2D eigenvalue weighted by Gasteiger charge is 2.03. The number of nitriles is 1. The van der Waals surface area contributed by atoms with Crippen LogP contribution in [0.15, 0.2) is 16.0 Å². The Morgan fingerprint density at radius 2 is 2.44 bits per heavy atom. The fourth-order valence-corrected chi connectivity index (χ4v) is 2.02. The monoisotopic (exact) mass is 234 g/mol. The third kappa shape index (κ3) is 2.66. The van der Waals surface area contributed by atoms with E-state index in [4.69, 9.17) is 9.78 Å². The van der Waals surface area contributed by atoms with Gasteiger partial charge in [0.2, 0.25) is 5.89 Å². The molecule has 1 N–H and O–H groups in total. The molecule has 0 saturated carbocycles. The van der Waals surface area contributed by atoms with E-state index in [1.54, 1.807) is 18.3 Å². The van der Waals surface area contributed by atoms with E-state index < -0.39 is 0 Å². The van der Waals surface area contributed by atoms with Gasteiger partial charge in [-0.25, -0.2) is 0 Å². The lowest BCUT2D eigenvalue weighted by atomic mass is 10.3. The molecule has 0 aliphatic rings. The third-order valence-electron chi connectivity index (χ3n) is 1.93. The molecule has 0 spiro atoms. The van der Waals surface area contributed by atoms with Gasteiger partial charge in [-0.2, -0.15) is 10.2 Å². The number of thiophene rings is 1. The fourth-order valence-electron chi connectivity index (χ4n) is 1.24. The van der Waals surface area contributed by atoms with Crippen LogP contribution in [0.25, 0.3) is 0 Å². The van der Waals surface area contributed by atoms with Crippen molar-refractivity contribution in [3.63, 3.8) is 0 Å². The molecule has 0 atom stereocenters. The van der Waals surface area contributed by atoms with Gasteiger partial charge in [-0.1, -0.05) is 5.16 Å². The maximum atomic E-state index is 8.66. The summed E-state index contributed by atoms with van der Waals surface area (Å²) in [4.78, 5) is 5.19. The summed E-state index contributed by atoms with van der Waals surface area (Å²) in [6, 6.07) is 3.97. The Kier molecular flexibility index (Phi) is 3.29. The van der Waals surface area contributed by atoms with E-state index in [2.05, 4.69) is 21.5 Å². The molecule has 2 heterocycles. The molecule has 6 heteroatoms. The zero-order valence-corrected chi connectivity index (χ0v) is 9.54. The number of hydrogen-bond acceptors (Lipinski definition) is 6. The first-order valence-corrected chi connectivity index (χ1v) is 5.63. The molecule has 0 aliphatic carbocycles. The standard InChI is InChI=1S/C10H10N4OS/c1-7-13-10(15-14-7)5-12-4-9-2-8(3-11)6-16-9/h2,6,12H,4-5H2,1H3. The zero-order chi connectivity index (χ0) is 11.4. The average molecular weight is 234 g/mol. The lowest BCUT2D eigenvalue weighted by Gasteiger charge is -1.97. The van der Waals surface area contributed by atoms with Crippen LogP contribution in [-0.2, 0) is 13.1 Å². The van der Waals surface area contributed by atoms with Gasteiger partial charge in [0.15, 0.2) is 5.82 Å². The molecule has 0 saturated heterocycles. The van der Waals surface area contributed by atoms with Crippen LogP contribution in [0, 0.1) is 18.3 Å². The van der Waals surface area contributed by atoms with Crippen LogP contribution < -0.4 is 5.32 Å². The van der Waals surface area contributed by atoms with Gasteiger partial charge in [0.05, 0.1) is 12.1 Å². The maximum absolute atomic E-state index is 8.66. The summed E-state index contributed by atoms with van der Waals surface area (Å²) in [5.41, 5.74) is 0.704. The predicted octanol–water partition coefficient (Wildman–Crippen LogP) is 1.60. The van der Waals surface area contributed by atoms with Gasteiger partial charge < -0.3 is 9.84 Å². The minimum absolute atomic E-state index is 0.542. The summed E-state index contributed by atoms with van der Waals surface area (Å²) in [7, 11) is 0. The highest BCUT2D eigenvalue weighted by atomic mass is 32.1. The van der Waals surface area contributed by atoms with Gasteiger partial charge in [-0.3, -0.25) is 0 Å². The van der Waals surface area contributed by atoms with Gasteiger partial charge >= 0.3 is 0 Å². The van der Waals surface area contributed by atoms with Gasteiger partial charge in [0, 0.05) is 16.8 Å². The van der Waals surface area contributed by atoms with Crippen molar-refractivity contribution in [3.8, 4) is 6.07 Å². The van der Waals surface area contributed by atoms with Gasteiger partial charge in [0.25, 0.3) is 0 Å². The van der Waals surface area contributed by atoms with E-state index in [-0.39, 0.29) is 0 Å². The van der Waals surface area contributed by atoms with E-state index in [1.165, 1.54) is 0 Å². The van der Waals surface area contributed by atoms with Crippen LogP contribution in [0.3, 0.4) is 0 Å². The molecule has 0 amide bonds. The summed E-state index contributed by atoms with van der Waals surface area (Å²) in [5, 5.41) is 17.4. The highest BCUT2D eigenvalue weighted by Crippen LogP contribution is 2.13. The summed E-state index contributed by atoms with van der Waals surface area (Å²) >= 11 is 1.56. The predicted molar refractivity (Wildman–Crippen MR) is 58.6 cm³/mol. The minimum atomic E-state index is 0.542. The lowest BCUT2D eigenvalue weighted by Crippen LogP contribution is -2.11. The molecule has 0 radical (unpaired) electrons. The SMILES string of the molecule is Cc1noc(CNCc2cc(C#N)cs2)n1. The van der Waals surface area contributed by atoms with Crippen molar-refractivity contribution in [3.05, 3.63) is 33.6 Å². The first-order valence-electron chi connectivity index (χ1n) is 4.75. The number of hydrogen-bond donors (Lipinski definition) is 1. The van der Waals surface area contributed by atoms with Gasteiger partial charge in [-0.15, -0.1) is 11.3 Å². The number of nitrogens with one attached hydrogen (secondary N) is 1. The number of aromatic nitrogens is 2.